The van der Waals surface area contributed by atoms with Crippen LogP contribution in [0.4, 0.5) is 0 Å². The van der Waals surface area contributed by atoms with Gasteiger partial charge in [0, 0.05) is 19.6 Å². The van der Waals surface area contributed by atoms with Crippen LogP contribution in [0.1, 0.15) is 120 Å². The molecule has 0 heterocycles. The van der Waals surface area contributed by atoms with Gasteiger partial charge in [-0.25, -0.2) is 0 Å². The van der Waals surface area contributed by atoms with Crippen molar-refractivity contribution >= 4 is 5.97 Å². The van der Waals surface area contributed by atoms with E-state index in [9.17, 15) is 9.90 Å². The average Bonchev–Trinajstić information content (AvgIpc) is 2.83. The zero-order chi connectivity index (χ0) is 24.9. The number of aliphatic hydroxyl groups is 1. The Labute approximate surface area is 208 Å². The summed E-state index contributed by atoms with van der Waals surface area (Å²) in [6.45, 7) is 7.98. The third kappa shape index (κ3) is 16.2. The van der Waals surface area contributed by atoms with Gasteiger partial charge < -0.3 is 19.3 Å². The van der Waals surface area contributed by atoms with Crippen molar-refractivity contribution in [3.8, 4) is 0 Å². The topological polar surface area (TPSA) is 65.0 Å². The molecule has 1 aromatic carbocycles. The van der Waals surface area contributed by atoms with Crippen LogP contribution < -0.4 is 0 Å². The zero-order valence-corrected chi connectivity index (χ0v) is 22.1. The Hall–Kier alpha value is -1.43. The first-order chi connectivity index (χ1) is 16.6. The summed E-state index contributed by atoms with van der Waals surface area (Å²) in [6.07, 6.45) is 15.1. The van der Waals surface area contributed by atoms with Gasteiger partial charge in [-0.2, -0.15) is 0 Å². The van der Waals surface area contributed by atoms with Crippen LogP contribution in [0.25, 0.3) is 0 Å². The molecule has 0 saturated heterocycles. The Morgan fingerprint density at radius 3 is 1.88 bits per heavy atom. The van der Waals surface area contributed by atoms with Crippen molar-refractivity contribution in [3.05, 3.63) is 34.9 Å². The van der Waals surface area contributed by atoms with E-state index in [1.54, 1.807) is 0 Å². The van der Waals surface area contributed by atoms with E-state index in [-0.39, 0.29) is 31.9 Å². The minimum atomic E-state index is -0.348. The molecule has 0 bridgehead atoms. The lowest BCUT2D eigenvalue weighted by molar-refractivity contribution is -0.160. The highest BCUT2D eigenvalue weighted by Gasteiger charge is 2.14. The first-order valence-electron chi connectivity index (χ1n) is 13.7. The predicted molar refractivity (Wildman–Crippen MR) is 139 cm³/mol. The number of rotatable bonds is 22. The van der Waals surface area contributed by atoms with Crippen molar-refractivity contribution in [1.29, 1.82) is 0 Å². The number of hydrogen-bond acceptors (Lipinski definition) is 5. The van der Waals surface area contributed by atoms with Gasteiger partial charge in [0.15, 0.2) is 6.29 Å². The Balaban J connectivity index is 2.36. The maximum Gasteiger partial charge on any atom is 0.306 e. The van der Waals surface area contributed by atoms with Crippen molar-refractivity contribution in [2.24, 2.45) is 0 Å². The molecular formula is C29H50O5. The molecule has 0 radical (unpaired) electrons. The van der Waals surface area contributed by atoms with Crippen molar-refractivity contribution in [1.82, 2.24) is 0 Å². The maximum atomic E-state index is 12.3. The van der Waals surface area contributed by atoms with E-state index in [2.05, 4.69) is 13.8 Å². The number of hydrogen-bond donors (Lipinski definition) is 1. The molecule has 0 saturated carbocycles. The lowest BCUT2D eigenvalue weighted by Gasteiger charge is -2.18. The zero-order valence-electron chi connectivity index (χ0n) is 22.1. The van der Waals surface area contributed by atoms with E-state index in [0.717, 1.165) is 29.5 Å². The van der Waals surface area contributed by atoms with Gasteiger partial charge in [0.1, 0.15) is 6.61 Å². The smallest absolute Gasteiger partial charge is 0.306 e. The second kappa shape index (κ2) is 20.9. The van der Waals surface area contributed by atoms with Gasteiger partial charge in [-0.05, 0) is 30.9 Å². The van der Waals surface area contributed by atoms with Crippen LogP contribution in [0, 0.1) is 6.92 Å². The number of unbranched alkanes of at least 4 members (excludes halogenated alkanes) is 10. The fraction of sp³-hybridized carbons (Fsp3) is 0.759. The average molecular weight is 479 g/mol. The third-order valence-electron chi connectivity index (χ3n) is 5.97. The normalized spacial score (nSPS) is 11.3. The Morgan fingerprint density at radius 2 is 1.32 bits per heavy atom. The number of carbonyl (C=O) groups excluding carboxylic acids is 1. The Kier molecular flexibility index (Phi) is 18.8. The minimum Gasteiger partial charge on any atom is -0.461 e. The van der Waals surface area contributed by atoms with Gasteiger partial charge in [0.05, 0.1) is 13.0 Å². The van der Waals surface area contributed by atoms with E-state index < -0.39 is 0 Å². The first kappa shape index (κ1) is 30.6. The summed E-state index contributed by atoms with van der Waals surface area (Å²) in [5.74, 6) is -0.247. The number of esters is 1. The minimum absolute atomic E-state index is 0.0177. The molecule has 0 aliphatic carbocycles. The van der Waals surface area contributed by atoms with Crippen LogP contribution in [0.15, 0.2) is 18.2 Å². The Morgan fingerprint density at radius 1 is 0.794 bits per heavy atom. The lowest BCUT2D eigenvalue weighted by Crippen LogP contribution is -2.21. The van der Waals surface area contributed by atoms with Gasteiger partial charge in [0.2, 0.25) is 0 Å². The monoisotopic (exact) mass is 478 g/mol. The fourth-order valence-electron chi connectivity index (χ4n) is 4.00. The summed E-state index contributed by atoms with van der Waals surface area (Å²) >= 11 is 0. The van der Waals surface area contributed by atoms with Crippen molar-refractivity contribution in [3.63, 3.8) is 0 Å². The summed E-state index contributed by atoms with van der Waals surface area (Å²) in [4.78, 5) is 12.3. The molecule has 34 heavy (non-hydrogen) atoms. The van der Waals surface area contributed by atoms with Crippen LogP contribution >= 0.6 is 0 Å². The summed E-state index contributed by atoms with van der Waals surface area (Å²) in [5.41, 5.74) is 2.77. The molecule has 5 nitrogen and oxygen atoms in total. The number of benzene rings is 1. The van der Waals surface area contributed by atoms with Gasteiger partial charge in [-0.3, -0.25) is 4.79 Å². The second-order valence-corrected chi connectivity index (χ2v) is 9.39. The van der Waals surface area contributed by atoms with Crippen molar-refractivity contribution in [2.45, 2.75) is 130 Å². The molecule has 0 fully saturated rings. The molecule has 196 valence electrons. The van der Waals surface area contributed by atoms with Crippen molar-refractivity contribution < 1.29 is 24.1 Å². The highest BCUT2D eigenvalue weighted by atomic mass is 16.7. The van der Waals surface area contributed by atoms with E-state index in [1.165, 1.54) is 64.2 Å². The molecule has 0 unspecified atom stereocenters. The molecule has 5 heteroatoms. The predicted octanol–water partition coefficient (Wildman–Crippen LogP) is 7.39. The van der Waals surface area contributed by atoms with Crippen LogP contribution in [0.2, 0.25) is 0 Å². The molecule has 0 spiro atoms. The van der Waals surface area contributed by atoms with E-state index in [1.807, 2.05) is 25.1 Å². The van der Waals surface area contributed by atoms with E-state index >= 15 is 0 Å². The summed E-state index contributed by atoms with van der Waals surface area (Å²) in [5, 5.41) is 9.36. The molecular weight excluding hydrogens is 428 g/mol. The van der Waals surface area contributed by atoms with Crippen LogP contribution in [-0.4, -0.2) is 30.6 Å². The number of ether oxygens (including phenoxy) is 3. The maximum absolute atomic E-state index is 12.3. The molecule has 0 amide bonds. The standard InChI is InChI=1S/C29H50O5/c1-4-6-8-10-12-14-18-32-29(33-19-15-13-11-9-7-5-2)17-16-28(31)34-24-27-21-25(3)20-26(22-27)23-30/h20-22,29-30H,4-19,23-24H2,1-3H3. The number of aryl methyl sites for hydroxylation is 1. The summed E-state index contributed by atoms with van der Waals surface area (Å²) < 4.78 is 17.5. The SMILES string of the molecule is CCCCCCCCOC(CCC(=O)OCc1cc(C)cc(CO)c1)OCCCCCCCC. The lowest BCUT2D eigenvalue weighted by atomic mass is 10.1. The van der Waals surface area contributed by atoms with Crippen molar-refractivity contribution in [2.75, 3.05) is 13.2 Å². The highest BCUT2D eigenvalue weighted by Crippen LogP contribution is 2.14. The number of carbonyl (C=O) groups is 1. The Bertz CT molecular complexity index is 613. The molecule has 0 atom stereocenters. The molecule has 1 aromatic rings. The quantitative estimate of drug-likeness (QED) is 0.107. The molecule has 1 rings (SSSR count). The van der Waals surface area contributed by atoms with Gasteiger partial charge in [0.25, 0.3) is 0 Å². The van der Waals surface area contributed by atoms with Crippen LogP contribution in [-0.2, 0) is 32.2 Å². The van der Waals surface area contributed by atoms with Gasteiger partial charge in [-0.1, -0.05) is 102 Å². The van der Waals surface area contributed by atoms with Crippen LogP contribution in [0.3, 0.4) is 0 Å². The third-order valence-corrected chi connectivity index (χ3v) is 5.97. The van der Waals surface area contributed by atoms with E-state index in [4.69, 9.17) is 14.2 Å². The highest BCUT2D eigenvalue weighted by molar-refractivity contribution is 5.69. The van der Waals surface area contributed by atoms with Gasteiger partial charge in [-0.15, -0.1) is 0 Å². The first-order valence-corrected chi connectivity index (χ1v) is 13.7. The summed E-state index contributed by atoms with van der Waals surface area (Å²) in [6, 6.07) is 5.77. The second-order valence-electron chi connectivity index (χ2n) is 9.39. The van der Waals surface area contributed by atoms with Gasteiger partial charge >= 0.3 is 5.97 Å². The molecule has 0 aliphatic heterocycles. The molecule has 0 aromatic heterocycles. The summed E-state index contributed by atoms with van der Waals surface area (Å²) in [7, 11) is 0. The van der Waals surface area contributed by atoms with Crippen LogP contribution in [0.5, 0.6) is 0 Å². The fourth-order valence-corrected chi connectivity index (χ4v) is 4.00. The molecule has 0 aliphatic rings. The number of aliphatic hydroxyl groups excluding tert-OH is 1. The van der Waals surface area contributed by atoms with E-state index in [0.29, 0.717) is 19.6 Å². The molecule has 1 N–H and O–H groups in total. The largest absolute Gasteiger partial charge is 0.461 e.